The Labute approximate surface area is 109 Å². The van der Waals surface area contributed by atoms with E-state index in [2.05, 4.69) is 5.32 Å². The third-order valence-electron chi connectivity index (χ3n) is 3.03. The van der Waals surface area contributed by atoms with Crippen molar-refractivity contribution in [2.75, 3.05) is 31.4 Å². The largest absolute Gasteiger partial charge is 0.378 e. The number of nitrogens with zero attached hydrogens (tertiary/aromatic N) is 1. The van der Waals surface area contributed by atoms with E-state index in [0.29, 0.717) is 0 Å². The quantitative estimate of drug-likeness (QED) is 0.892. The fraction of sp³-hybridized carbons (Fsp3) is 0.500. The Bertz CT molecular complexity index is 439. The summed E-state index contributed by atoms with van der Waals surface area (Å²) in [5, 5.41) is 2.89. The van der Waals surface area contributed by atoms with Crippen molar-refractivity contribution in [3.8, 4) is 0 Å². The summed E-state index contributed by atoms with van der Waals surface area (Å²) in [4.78, 5) is 14.0. The molecule has 0 unspecified atom stereocenters. The van der Waals surface area contributed by atoms with Gasteiger partial charge in [-0.3, -0.25) is 4.79 Å². The maximum absolute atomic E-state index is 12.0. The van der Waals surface area contributed by atoms with E-state index in [0.717, 1.165) is 16.9 Å². The molecule has 0 radical (unpaired) electrons. The summed E-state index contributed by atoms with van der Waals surface area (Å²) < 4.78 is 5.15. The second kappa shape index (κ2) is 5.40. The third-order valence-corrected chi connectivity index (χ3v) is 3.03. The van der Waals surface area contributed by atoms with Crippen LogP contribution >= 0.6 is 0 Å². The summed E-state index contributed by atoms with van der Waals surface area (Å²) in [6.07, 6.45) is 0. The maximum Gasteiger partial charge on any atom is 0.256 e. The van der Waals surface area contributed by atoms with Crippen molar-refractivity contribution in [2.45, 2.75) is 26.4 Å². The molecule has 1 aromatic rings. The topological polar surface area (TPSA) is 41.6 Å². The smallest absolute Gasteiger partial charge is 0.256 e. The van der Waals surface area contributed by atoms with E-state index in [1.165, 1.54) is 7.11 Å². The number of amides is 1. The first-order valence-electron chi connectivity index (χ1n) is 5.92. The highest BCUT2D eigenvalue weighted by atomic mass is 16.5. The molecule has 0 atom stereocenters. The number of hydrogen-bond acceptors (Lipinski definition) is 3. The Morgan fingerprint density at radius 3 is 2.39 bits per heavy atom. The zero-order valence-electron chi connectivity index (χ0n) is 12.0. The van der Waals surface area contributed by atoms with Gasteiger partial charge in [-0.15, -0.1) is 0 Å². The molecule has 0 saturated carbocycles. The van der Waals surface area contributed by atoms with Gasteiger partial charge in [-0.05, 0) is 44.5 Å². The molecule has 0 aliphatic rings. The molecule has 18 heavy (non-hydrogen) atoms. The second-order valence-corrected chi connectivity index (χ2v) is 5.06. The highest BCUT2D eigenvalue weighted by Gasteiger charge is 2.27. The van der Waals surface area contributed by atoms with E-state index >= 15 is 0 Å². The molecule has 1 N–H and O–H groups in total. The highest BCUT2D eigenvalue weighted by Crippen LogP contribution is 2.22. The molecule has 0 bridgehead atoms. The van der Waals surface area contributed by atoms with Crippen molar-refractivity contribution < 1.29 is 9.53 Å². The number of benzene rings is 1. The van der Waals surface area contributed by atoms with Crippen LogP contribution in [0, 0.1) is 6.92 Å². The first kappa shape index (κ1) is 14.5. The first-order valence-corrected chi connectivity index (χ1v) is 5.92. The van der Waals surface area contributed by atoms with Gasteiger partial charge in [0.2, 0.25) is 0 Å². The van der Waals surface area contributed by atoms with Crippen molar-refractivity contribution in [1.82, 2.24) is 0 Å². The van der Waals surface area contributed by atoms with E-state index < -0.39 is 5.60 Å². The molecule has 0 aliphatic heterocycles. The molecule has 1 aromatic carbocycles. The number of carbonyl (C=O) groups is 1. The van der Waals surface area contributed by atoms with E-state index in [9.17, 15) is 4.79 Å². The average molecular weight is 250 g/mol. The van der Waals surface area contributed by atoms with Crippen LogP contribution in [0.15, 0.2) is 18.2 Å². The Hall–Kier alpha value is -1.55. The normalized spacial score (nSPS) is 11.2. The van der Waals surface area contributed by atoms with E-state index in [4.69, 9.17) is 4.74 Å². The van der Waals surface area contributed by atoms with E-state index in [1.54, 1.807) is 13.8 Å². The number of rotatable bonds is 4. The van der Waals surface area contributed by atoms with Gasteiger partial charge in [0.15, 0.2) is 0 Å². The van der Waals surface area contributed by atoms with Crippen LogP contribution in [0.25, 0.3) is 0 Å². The van der Waals surface area contributed by atoms with Crippen LogP contribution < -0.4 is 10.2 Å². The molecule has 4 heteroatoms. The number of anilines is 2. The SMILES string of the molecule is COC(C)(C)C(=O)Nc1ccc(N(C)C)cc1C. The van der Waals surface area contributed by atoms with Gasteiger partial charge in [0, 0.05) is 32.6 Å². The second-order valence-electron chi connectivity index (χ2n) is 5.06. The van der Waals surface area contributed by atoms with E-state index in [1.807, 2.05) is 44.1 Å². The lowest BCUT2D eigenvalue weighted by atomic mass is 10.1. The summed E-state index contributed by atoms with van der Waals surface area (Å²) >= 11 is 0. The highest BCUT2D eigenvalue weighted by molar-refractivity contribution is 5.97. The lowest BCUT2D eigenvalue weighted by molar-refractivity contribution is -0.133. The van der Waals surface area contributed by atoms with Gasteiger partial charge in [-0.2, -0.15) is 0 Å². The molecular weight excluding hydrogens is 228 g/mol. The maximum atomic E-state index is 12.0. The Balaban J connectivity index is 2.90. The molecule has 0 aromatic heterocycles. The minimum atomic E-state index is -0.827. The molecule has 4 nitrogen and oxygen atoms in total. The van der Waals surface area contributed by atoms with Crippen LogP contribution in [0.2, 0.25) is 0 Å². The Morgan fingerprint density at radius 1 is 1.33 bits per heavy atom. The molecular formula is C14H22N2O2. The predicted octanol–water partition coefficient (Wildman–Crippen LogP) is 2.42. The van der Waals surface area contributed by atoms with E-state index in [-0.39, 0.29) is 5.91 Å². The lowest BCUT2D eigenvalue weighted by Gasteiger charge is -2.23. The summed E-state index contributed by atoms with van der Waals surface area (Å²) in [5.74, 6) is -0.147. The number of nitrogens with one attached hydrogen (secondary N) is 1. The number of ether oxygens (including phenoxy) is 1. The van der Waals surface area contributed by atoms with Crippen LogP contribution in [-0.2, 0) is 9.53 Å². The van der Waals surface area contributed by atoms with Crippen molar-refractivity contribution in [1.29, 1.82) is 0 Å². The monoisotopic (exact) mass is 250 g/mol. The van der Waals surface area contributed by atoms with Gasteiger partial charge in [-0.25, -0.2) is 0 Å². The zero-order valence-corrected chi connectivity index (χ0v) is 12.0. The average Bonchev–Trinajstić information content (AvgIpc) is 2.31. The number of carbonyl (C=O) groups excluding carboxylic acids is 1. The van der Waals surface area contributed by atoms with Crippen molar-refractivity contribution in [2.24, 2.45) is 0 Å². The lowest BCUT2D eigenvalue weighted by Crippen LogP contribution is -2.38. The summed E-state index contributed by atoms with van der Waals surface area (Å²) in [7, 11) is 5.50. The van der Waals surface area contributed by atoms with Gasteiger partial charge < -0.3 is 15.0 Å². The zero-order chi connectivity index (χ0) is 13.9. The van der Waals surface area contributed by atoms with Gasteiger partial charge in [0.05, 0.1) is 0 Å². The van der Waals surface area contributed by atoms with Crippen LogP contribution in [-0.4, -0.2) is 32.7 Å². The summed E-state index contributed by atoms with van der Waals surface area (Å²) in [6.45, 7) is 5.46. The fourth-order valence-electron chi connectivity index (χ4n) is 1.43. The van der Waals surface area contributed by atoms with Crippen molar-refractivity contribution >= 4 is 17.3 Å². The Morgan fingerprint density at radius 2 is 1.94 bits per heavy atom. The van der Waals surface area contributed by atoms with Crippen molar-refractivity contribution in [3.05, 3.63) is 23.8 Å². The van der Waals surface area contributed by atoms with Crippen LogP contribution in [0.3, 0.4) is 0 Å². The van der Waals surface area contributed by atoms with Crippen LogP contribution in [0.5, 0.6) is 0 Å². The molecule has 100 valence electrons. The van der Waals surface area contributed by atoms with Gasteiger partial charge in [-0.1, -0.05) is 0 Å². The summed E-state index contributed by atoms with van der Waals surface area (Å²) in [5.41, 5.74) is 2.13. The molecule has 0 spiro atoms. The number of aryl methyl sites for hydroxylation is 1. The third kappa shape index (κ3) is 3.23. The molecule has 0 heterocycles. The van der Waals surface area contributed by atoms with Gasteiger partial charge in [0.25, 0.3) is 5.91 Å². The van der Waals surface area contributed by atoms with Crippen molar-refractivity contribution in [3.63, 3.8) is 0 Å². The van der Waals surface area contributed by atoms with Gasteiger partial charge >= 0.3 is 0 Å². The molecule has 1 amide bonds. The van der Waals surface area contributed by atoms with Gasteiger partial charge in [0.1, 0.15) is 5.60 Å². The molecule has 0 saturated heterocycles. The minimum absolute atomic E-state index is 0.147. The minimum Gasteiger partial charge on any atom is -0.378 e. The molecule has 0 aliphatic carbocycles. The predicted molar refractivity (Wildman–Crippen MR) is 75.2 cm³/mol. The molecule has 1 rings (SSSR count). The summed E-state index contributed by atoms with van der Waals surface area (Å²) in [6, 6.07) is 5.92. The van der Waals surface area contributed by atoms with Crippen LogP contribution in [0.4, 0.5) is 11.4 Å². The Kier molecular flexibility index (Phi) is 4.35. The fourth-order valence-corrected chi connectivity index (χ4v) is 1.43. The van der Waals surface area contributed by atoms with Crippen LogP contribution in [0.1, 0.15) is 19.4 Å². The standard InChI is InChI=1S/C14H22N2O2/c1-10-9-11(16(4)5)7-8-12(10)15-13(17)14(2,3)18-6/h7-9H,1-6H3,(H,15,17). The number of hydrogen-bond donors (Lipinski definition) is 1. The number of methoxy groups -OCH3 is 1. The molecule has 0 fully saturated rings. The first-order chi connectivity index (χ1) is 8.27.